The highest BCUT2D eigenvalue weighted by atomic mass is 79.9. The third kappa shape index (κ3) is 2.24. The van der Waals surface area contributed by atoms with Gasteiger partial charge in [0.1, 0.15) is 0 Å². The van der Waals surface area contributed by atoms with Crippen molar-refractivity contribution in [2.45, 2.75) is 25.7 Å². The first-order valence-electron chi connectivity index (χ1n) is 7.61. The number of hydrogen-bond acceptors (Lipinski definition) is 0. The molecule has 0 saturated heterocycles. The Morgan fingerprint density at radius 1 is 1.05 bits per heavy atom. The predicted molar refractivity (Wildman–Crippen MR) is 100 cm³/mol. The van der Waals surface area contributed by atoms with Crippen LogP contribution in [-0.4, -0.2) is 0 Å². The molecule has 2 aliphatic rings. The van der Waals surface area contributed by atoms with Crippen LogP contribution in [-0.2, 0) is 6.42 Å². The van der Waals surface area contributed by atoms with Crippen LogP contribution in [0.5, 0.6) is 0 Å². The SMILES string of the molecule is CC(C1=CC=CC1)c1c(Br)ccc2c1Cc1cc(Br)ccc1-2. The minimum Gasteiger partial charge on any atom is -0.0804 e. The number of rotatable bonds is 2. The topological polar surface area (TPSA) is 0 Å². The summed E-state index contributed by atoms with van der Waals surface area (Å²) in [6.07, 6.45) is 8.80. The predicted octanol–water partition coefficient (Wildman–Crippen LogP) is 6.77. The van der Waals surface area contributed by atoms with Crippen molar-refractivity contribution in [1.82, 2.24) is 0 Å². The molecule has 2 aliphatic carbocycles. The Balaban J connectivity index is 1.86. The third-order valence-electron chi connectivity index (χ3n) is 4.82. The van der Waals surface area contributed by atoms with Crippen molar-refractivity contribution in [3.8, 4) is 11.1 Å². The molecule has 0 bridgehead atoms. The molecule has 2 aromatic carbocycles. The summed E-state index contributed by atoms with van der Waals surface area (Å²) in [6, 6.07) is 11.1. The van der Waals surface area contributed by atoms with Crippen molar-refractivity contribution < 1.29 is 0 Å². The van der Waals surface area contributed by atoms with Crippen LogP contribution in [0.2, 0.25) is 0 Å². The second kappa shape index (κ2) is 5.50. The van der Waals surface area contributed by atoms with E-state index in [2.05, 4.69) is 87.3 Å². The van der Waals surface area contributed by atoms with Crippen LogP contribution in [0.25, 0.3) is 11.1 Å². The van der Waals surface area contributed by atoms with Gasteiger partial charge in [-0.25, -0.2) is 0 Å². The molecule has 0 spiro atoms. The third-order valence-corrected chi connectivity index (χ3v) is 6.00. The van der Waals surface area contributed by atoms with Crippen molar-refractivity contribution in [3.05, 3.63) is 79.8 Å². The van der Waals surface area contributed by atoms with Gasteiger partial charge in [0, 0.05) is 14.9 Å². The van der Waals surface area contributed by atoms with Gasteiger partial charge < -0.3 is 0 Å². The Bertz CT molecular complexity index is 828. The summed E-state index contributed by atoms with van der Waals surface area (Å²) < 4.78 is 2.40. The van der Waals surface area contributed by atoms with Crippen molar-refractivity contribution >= 4 is 31.9 Å². The van der Waals surface area contributed by atoms with Gasteiger partial charge in [-0.15, -0.1) is 0 Å². The fourth-order valence-corrected chi connectivity index (χ4v) is 4.80. The lowest BCUT2D eigenvalue weighted by Gasteiger charge is -2.19. The van der Waals surface area contributed by atoms with Gasteiger partial charge in [-0.3, -0.25) is 0 Å². The second-order valence-electron chi connectivity index (χ2n) is 6.06. The Morgan fingerprint density at radius 2 is 1.86 bits per heavy atom. The first kappa shape index (κ1) is 14.5. The van der Waals surface area contributed by atoms with E-state index in [1.54, 1.807) is 0 Å². The molecule has 0 saturated carbocycles. The molecule has 22 heavy (non-hydrogen) atoms. The van der Waals surface area contributed by atoms with Gasteiger partial charge in [-0.1, -0.05) is 74.7 Å². The molecule has 110 valence electrons. The quantitative estimate of drug-likeness (QED) is 0.433. The zero-order valence-corrected chi connectivity index (χ0v) is 15.5. The van der Waals surface area contributed by atoms with Gasteiger partial charge in [-0.2, -0.15) is 0 Å². The zero-order valence-electron chi connectivity index (χ0n) is 12.4. The van der Waals surface area contributed by atoms with Crippen molar-refractivity contribution in [2.75, 3.05) is 0 Å². The highest BCUT2D eigenvalue weighted by Crippen LogP contribution is 2.45. The molecule has 2 heteroatoms. The fourth-order valence-electron chi connectivity index (χ4n) is 3.68. The normalized spacial score (nSPS) is 16.4. The van der Waals surface area contributed by atoms with Crippen LogP contribution < -0.4 is 0 Å². The first-order chi connectivity index (χ1) is 10.6. The van der Waals surface area contributed by atoms with Crippen LogP contribution in [0.15, 0.2) is 63.1 Å². The summed E-state index contributed by atoms with van der Waals surface area (Å²) in [5, 5.41) is 0. The van der Waals surface area contributed by atoms with Gasteiger partial charge >= 0.3 is 0 Å². The molecule has 0 fully saturated rings. The van der Waals surface area contributed by atoms with Crippen LogP contribution in [0.1, 0.15) is 36.0 Å². The number of hydrogen-bond donors (Lipinski definition) is 0. The Morgan fingerprint density at radius 3 is 2.64 bits per heavy atom. The summed E-state index contributed by atoms with van der Waals surface area (Å²) >= 11 is 7.40. The fraction of sp³-hybridized carbons (Fsp3) is 0.200. The van der Waals surface area contributed by atoms with E-state index in [1.807, 2.05) is 0 Å². The Hall–Kier alpha value is -1.12. The number of allylic oxidation sites excluding steroid dienone is 4. The minimum atomic E-state index is 0.456. The molecule has 0 heterocycles. The molecule has 2 aromatic rings. The maximum Gasteiger partial charge on any atom is 0.0216 e. The molecule has 0 aromatic heterocycles. The number of benzene rings is 2. The Kier molecular flexibility index (Phi) is 3.62. The first-order valence-corrected chi connectivity index (χ1v) is 9.19. The smallest absolute Gasteiger partial charge is 0.0216 e. The van der Waals surface area contributed by atoms with Crippen molar-refractivity contribution in [1.29, 1.82) is 0 Å². The number of fused-ring (bicyclic) bond motifs is 3. The van der Waals surface area contributed by atoms with Gasteiger partial charge in [0.25, 0.3) is 0 Å². The van der Waals surface area contributed by atoms with E-state index in [9.17, 15) is 0 Å². The molecule has 1 atom stereocenters. The standard InChI is InChI=1S/C20H16Br2/c1-12(13-4-2-3-5-13)20-18-11-14-10-15(21)6-7-16(14)17(18)8-9-19(20)22/h2-4,6-10,12H,5,11H2,1H3. The maximum absolute atomic E-state index is 3.80. The van der Waals surface area contributed by atoms with E-state index in [-0.39, 0.29) is 0 Å². The number of halogens is 2. The summed E-state index contributed by atoms with van der Waals surface area (Å²) in [5.74, 6) is 0.456. The average molecular weight is 416 g/mol. The summed E-state index contributed by atoms with van der Waals surface area (Å²) in [6.45, 7) is 2.33. The van der Waals surface area contributed by atoms with E-state index in [0.29, 0.717) is 5.92 Å². The largest absolute Gasteiger partial charge is 0.0804 e. The monoisotopic (exact) mass is 414 g/mol. The molecule has 0 nitrogen and oxygen atoms in total. The highest BCUT2D eigenvalue weighted by molar-refractivity contribution is 9.10. The lowest BCUT2D eigenvalue weighted by molar-refractivity contribution is 0.852. The van der Waals surface area contributed by atoms with Gasteiger partial charge in [0.2, 0.25) is 0 Å². The molecule has 0 amide bonds. The van der Waals surface area contributed by atoms with Gasteiger partial charge in [0.15, 0.2) is 0 Å². The van der Waals surface area contributed by atoms with Gasteiger partial charge in [-0.05, 0) is 58.9 Å². The second-order valence-corrected chi connectivity index (χ2v) is 7.83. The lowest BCUT2D eigenvalue weighted by Crippen LogP contribution is -2.02. The van der Waals surface area contributed by atoms with Crippen LogP contribution in [0.4, 0.5) is 0 Å². The Labute approximate surface area is 148 Å². The van der Waals surface area contributed by atoms with E-state index < -0.39 is 0 Å². The van der Waals surface area contributed by atoms with Crippen LogP contribution in [0.3, 0.4) is 0 Å². The zero-order chi connectivity index (χ0) is 15.3. The van der Waals surface area contributed by atoms with E-state index in [0.717, 1.165) is 17.3 Å². The summed E-state index contributed by atoms with van der Waals surface area (Å²) in [5.41, 5.74) is 8.67. The summed E-state index contributed by atoms with van der Waals surface area (Å²) in [7, 11) is 0. The molecular weight excluding hydrogens is 400 g/mol. The van der Waals surface area contributed by atoms with E-state index in [1.165, 1.54) is 37.9 Å². The highest BCUT2D eigenvalue weighted by Gasteiger charge is 2.26. The lowest BCUT2D eigenvalue weighted by atomic mass is 9.87. The van der Waals surface area contributed by atoms with E-state index in [4.69, 9.17) is 0 Å². The maximum atomic E-state index is 3.80. The van der Waals surface area contributed by atoms with Crippen molar-refractivity contribution in [2.24, 2.45) is 0 Å². The molecule has 0 radical (unpaired) electrons. The van der Waals surface area contributed by atoms with Crippen LogP contribution in [0, 0.1) is 0 Å². The van der Waals surface area contributed by atoms with E-state index >= 15 is 0 Å². The van der Waals surface area contributed by atoms with Crippen molar-refractivity contribution in [3.63, 3.8) is 0 Å². The molecule has 0 aliphatic heterocycles. The molecule has 4 rings (SSSR count). The summed E-state index contributed by atoms with van der Waals surface area (Å²) in [4.78, 5) is 0. The minimum absolute atomic E-state index is 0.456. The molecule has 1 unspecified atom stereocenters. The van der Waals surface area contributed by atoms with Gasteiger partial charge in [0.05, 0.1) is 0 Å². The van der Waals surface area contributed by atoms with Crippen LogP contribution >= 0.6 is 31.9 Å². The average Bonchev–Trinajstić information content (AvgIpc) is 3.13. The molecular formula is C20H16Br2. The molecule has 0 N–H and O–H groups in total.